The topological polar surface area (TPSA) is 43.1 Å². The third-order valence-electron chi connectivity index (χ3n) is 2.83. The summed E-state index contributed by atoms with van der Waals surface area (Å²) in [6.07, 6.45) is 3.47. The Balaban J connectivity index is 2.34. The van der Waals surface area contributed by atoms with E-state index in [0.717, 1.165) is 18.4 Å². The van der Waals surface area contributed by atoms with Crippen LogP contribution in [0.25, 0.3) is 0 Å². The second-order valence-corrected chi connectivity index (χ2v) is 3.73. The van der Waals surface area contributed by atoms with Gasteiger partial charge in [-0.2, -0.15) is 0 Å². The molecule has 1 saturated carbocycles. The highest BCUT2D eigenvalue weighted by Gasteiger charge is 2.21. The highest BCUT2D eigenvalue weighted by atomic mass is 19.1. The van der Waals surface area contributed by atoms with Crippen LogP contribution in [0.2, 0.25) is 0 Å². The highest BCUT2D eigenvalue weighted by Crippen LogP contribution is 2.36. The van der Waals surface area contributed by atoms with Crippen LogP contribution in [0.3, 0.4) is 0 Å². The molecule has 1 aliphatic carbocycles. The molecular weight excluding hydrogens is 181 g/mol. The van der Waals surface area contributed by atoms with Gasteiger partial charge in [-0.25, -0.2) is 4.39 Å². The number of primary amides is 1. The molecule has 0 atom stereocenters. The molecule has 14 heavy (non-hydrogen) atoms. The number of benzene rings is 1. The van der Waals surface area contributed by atoms with Gasteiger partial charge in [0.1, 0.15) is 5.82 Å². The molecule has 2 rings (SSSR count). The van der Waals surface area contributed by atoms with Crippen molar-refractivity contribution < 1.29 is 9.18 Å². The number of amides is 1. The SMILES string of the molecule is NC(=O)c1cc(C2CCC2)ccc1F. The molecule has 1 aromatic carbocycles. The lowest BCUT2D eigenvalue weighted by Gasteiger charge is -2.26. The third kappa shape index (κ3) is 1.50. The van der Waals surface area contributed by atoms with E-state index < -0.39 is 11.7 Å². The number of carbonyl (C=O) groups excluding carboxylic acids is 1. The summed E-state index contributed by atoms with van der Waals surface area (Å²) in [6, 6.07) is 4.65. The Hall–Kier alpha value is -1.38. The summed E-state index contributed by atoms with van der Waals surface area (Å²) in [4.78, 5) is 10.9. The fourth-order valence-electron chi connectivity index (χ4n) is 1.73. The Bertz CT molecular complexity index is 372. The van der Waals surface area contributed by atoms with E-state index in [1.54, 1.807) is 12.1 Å². The molecule has 1 aromatic rings. The first-order valence-electron chi connectivity index (χ1n) is 4.77. The zero-order chi connectivity index (χ0) is 10.1. The lowest BCUT2D eigenvalue weighted by molar-refractivity contribution is 0.0996. The number of hydrogen-bond acceptors (Lipinski definition) is 1. The van der Waals surface area contributed by atoms with E-state index in [4.69, 9.17) is 5.73 Å². The Labute approximate surface area is 81.9 Å². The second kappa shape index (κ2) is 3.40. The Kier molecular flexibility index (Phi) is 2.23. The summed E-state index contributed by atoms with van der Waals surface area (Å²) in [6.45, 7) is 0. The standard InChI is InChI=1S/C11H12FNO/c12-10-5-4-8(7-2-1-3-7)6-9(10)11(13)14/h4-7H,1-3H2,(H2,13,14). The minimum Gasteiger partial charge on any atom is -0.366 e. The molecule has 0 aromatic heterocycles. The van der Waals surface area contributed by atoms with Crippen LogP contribution in [0.15, 0.2) is 18.2 Å². The normalized spacial score (nSPS) is 16.4. The van der Waals surface area contributed by atoms with Crippen LogP contribution >= 0.6 is 0 Å². The predicted octanol–water partition coefficient (Wildman–Crippen LogP) is 2.19. The van der Waals surface area contributed by atoms with Gasteiger partial charge in [0.25, 0.3) is 5.91 Å². The zero-order valence-electron chi connectivity index (χ0n) is 7.79. The molecule has 1 amide bonds. The number of halogens is 1. The van der Waals surface area contributed by atoms with Gasteiger partial charge in [-0.05, 0) is 36.5 Å². The van der Waals surface area contributed by atoms with Crippen LogP contribution < -0.4 is 5.73 Å². The zero-order valence-corrected chi connectivity index (χ0v) is 7.79. The van der Waals surface area contributed by atoms with Crippen LogP contribution in [0.5, 0.6) is 0 Å². The fourth-order valence-corrected chi connectivity index (χ4v) is 1.73. The number of carbonyl (C=O) groups is 1. The van der Waals surface area contributed by atoms with E-state index in [9.17, 15) is 9.18 Å². The second-order valence-electron chi connectivity index (χ2n) is 3.73. The summed E-state index contributed by atoms with van der Waals surface area (Å²) in [5, 5.41) is 0. The molecule has 0 bridgehead atoms. The molecule has 74 valence electrons. The van der Waals surface area contributed by atoms with Gasteiger partial charge in [0.05, 0.1) is 5.56 Å². The number of rotatable bonds is 2. The van der Waals surface area contributed by atoms with Gasteiger partial charge in [-0.1, -0.05) is 12.5 Å². The van der Waals surface area contributed by atoms with E-state index >= 15 is 0 Å². The monoisotopic (exact) mass is 193 g/mol. The minimum atomic E-state index is -0.691. The maximum atomic E-state index is 13.1. The molecule has 0 radical (unpaired) electrons. The summed E-state index contributed by atoms with van der Waals surface area (Å²) < 4.78 is 13.1. The van der Waals surface area contributed by atoms with Gasteiger partial charge >= 0.3 is 0 Å². The van der Waals surface area contributed by atoms with E-state index in [1.807, 2.05) is 0 Å². The van der Waals surface area contributed by atoms with Crippen LogP contribution in [0.4, 0.5) is 4.39 Å². The lowest BCUT2D eigenvalue weighted by atomic mass is 9.79. The van der Waals surface area contributed by atoms with Crippen molar-refractivity contribution in [2.75, 3.05) is 0 Å². The Morgan fingerprint density at radius 1 is 1.43 bits per heavy atom. The number of nitrogens with two attached hydrogens (primary N) is 1. The van der Waals surface area contributed by atoms with Crippen LogP contribution in [0, 0.1) is 5.82 Å². The average molecular weight is 193 g/mol. The Morgan fingerprint density at radius 3 is 2.64 bits per heavy atom. The molecular formula is C11H12FNO. The molecule has 0 aliphatic heterocycles. The molecule has 2 N–H and O–H groups in total. The Morgan fingerprint density at radius 2 is 2.14 bits per heavy atom. The summed E-state index contributed by atoms with van der Waals surface area (Å²) in [5.74, 6) is -0.724. The highest BCUT2D eigenvalue weighted by molar-refractivity contribution is 5.93. The largest absolute Gasteiger partial charge is 0.366 e. The molecule has 0 spiro atoms. The summed E-state index contributed by atoms with van der Waals surface area (Å²) in [5.41, 5.74) is 6.11. The molecule has 0 saturated heterocycles. The van der Waals surface area contributed by atoms with Crippen LogP contribution in [-0.4, -0.2) is 5.91 Å². The molecule has 0 heterocycles. The van der Waals surface area contributed by atoms with E-state index in [-0.39, 0.29) is 5.56 Å². The van der Waals surface area contributed by atoms with Crippen molar-refractivity contribution in [1.82, 2.24) is 0 Å². The fraction of sp³-hybridized carbons (Fsp3) is 0.364. The molecule has 0 unspecified atom stereocenters. The van der Waals surface area contributed by atoms with Crippen molar-refractivity contribution >= 4 is 5.91 Å². The van der Waals surface area contributed by atoms with Crippen molar-refractivity contribution in [1.29, 1.82) is 0 Å². The summed E-state index contributed by atoms with van der Waals surface area (Å²) >= 11 is 0. The molecule has 1 fully saturated rings. The third-order valence-corrected chi connectivity index (χ3v) is 2.83. The summed E-state index contributed by atoms with van der Waals surface area (Å²) in [7, 11) is 0. The van der Waals surface area contributed by atoms with Gasteiger partial charge < -0.3 is 5.73 Å². The van der Waals surface area contributed by atoms with Gasteiger partial charge in [0.2, 0.25) is 0 Å². The first-order chi connectivity index (χ1) is 6.68. The van der Waals surface area contributed by atoms with Gasteiger partial charge in [0, 0.05) is 0 Å². The quantitative estimate of drug-likeness (QED) is 0.768. The van der Waals surface area contributed by atoms with Crippen molar-refractivity contribution in [3.8, 4) is 0 Å². The van der Waals surface area contributed by atoms with E-state index in [0.29, 0.717) is 5.92 Å². The minimum absolute atomic E-state index is 0.00870. The maximum Gasteiger partial charge on any atom is 0.251 e. The van der Waals surface area contributed by atoms with Crippen LogP contribution in [-0.2, 0) is 0 Å². The van der Waals surface area contributed by atoms with Gasteiger partial charge in [-0.3, -0.25) is 4.79 Å². The molecule has 3 heteroatoms. The first kappa shape index (κ1) is 9.19. The predicted molar refractivity (Wildman–Crippen MR) is 51.5 cm³/mol. The van der Waals surface area contributed by atoms with Crippen molar-refractivity contribution in [2.45, 2.75) is 25.2 Å². The van der Waals surface area contributed by atoms with Crippen LogP contribution in [0.1, 0.15) is 41.1 Å². The molecule has 2 nitrogen and oxygen atoms in total. The first-order valence-corrected chi connectivity index (χ1v) is 4.77. The molecule has 1 aliphatic rings. The smallest absolute Gasteiger partial charge is 0.251 e. The van der Waals surface area contributed by atoms with Gasteiger partial charge in [-0.15, -0.1) is 0 Å². The van der Waals surface area contributed by atoms with Gasteiger partial charge in [0.15, 0.2) is 0 Å². The van der Waals surface area contributed by atoms with Crippen molar-refractivity contribution in [2.24, 2.45) is 5.73 Å². The van der Waals surface area contributed by atoms with E-state index in [2.05, 4.69) is 0 Å². The average Bonchev–Trinajstić information content (AvgIpc) is 2.04. The number of hydrogen-bond donors (Lipinski definition) is 1. The van der Waals surface area contributed by atoms with E-state index in [1.165, 1.54) is 12.5 Å². The lowest BCUT2D eigenvalue weighted by Crippen LogP contribution is -2.15. The maximum absolute atomic E-state index is 13.1. The van der Waals surface area contributed by atoms with Crippen molar-refractivity contribution in [3.63, 3.8) is 0 Å². The van der Waals surface area contributed by atoms with Crippen molar-refractivity contribution in [3.05, 3.63) is 35.1 Å².